The van der Waals surface area contributed by atoms with Crippen molar-refractivity contribution in [2.75, 3.05) is 31.6 Å². The van der Waals surface area contributed by atoms with Crippen molar-refractivity contribution in [1.29, 1.82) is 0 Å². The molecule has 1 saturated heterocycles. The second kappa shape index (κ2) is 6.70. The predicted octanol–water partition coefficient (Wildman–Crippen LogP) is 2.95. The summed E-state index contributed by atoms with van der Waals surface area (Å²) in [4.78, 5) is 26.2. The summed E-state index contributed by atoms with van der Waals surface area (Å²) in [6.45, 7) is 7.08. The van der Waals surface area contributed by atoms with Crippen molar-refractivity contribution in [3.8, 4) is 11.3 Å². The molecule has 29 heavy (non-hydrogen) atoms. The van der Waals surface area contributed by atoms with Gasteiger partial charge in [0.2, 0.25) is 0 Å². The van der Waals surface area contributed by atoms with Gasteiger partial charge in [-0.05, 0) is 39.1 Å². The van der Waals surface area contributed by atoms with E-state index < -0.39 is 0 Å². The molecule has 0 saturated carbocycles. The first-order valence-electron chi connectivity index (χ1n) is 9.83. The summed E-state index contributed by atoms with van der Waals surface area (Å²) < 4.78 is 7.56. The molecule has 148 valence electrons. The minimum absolute atomic E-state index is 0.380. The van der Waals surface area contributed by atoms with Crippen LogP contribution in [0.3, 0.4) is 0 Å². The zero-order valence-corrected chi connectivity index (χ0v) is 16.8. The molecule has 0 bridgehead atoms. The van der Waals surface area contributed by atoms with Gasteiger partial charge in [0.15, 0.2) is 5.65 Å². The number of imidazole rings is 1. The van der Waals surface area contributed by atoms with Crippen molar-refractivity contribution in [2.45, 2.75) is 19.9 Å². The molecule has 7 nitrogen and oxygen atoms in total. The van der Waals surface area contributed by atoms with Crippen LogP contribution in [0.1, 0.15) is 12.6 Å². The fraction of sp³-hybridized carbons (Fsp3) is 0.318. The van der Waals surface area contributed by atoms with Crippen molar-refractivity contribution >= 4 is 22.3 Å². The highest BCUT2D eigenvalue weighted by atomic mass is 16.4. The van der Waals surface area contributed by atoms with E-state index in [2.05, 4.69) is 39.8 Å². The SMILES string of the molecule is Cc1cn2cc(-c3cc4ccc(N5CCN(C)C(C)C5)cc4oc3=O)nc2cn1. The largest absolute Gasteiger partial charge is 0.422 e. The number of piperazine rings is 1. The predicted molar refractivity (Wildman–Crippen MR) is 114 cm³/mol. The molecule has 1 unspecified atom stereocenters. The smallest absolute Gasteiger partial charge is 0.345 e. The van der Waals surface area contributed by atoms with E-state index in [9.17, 15) is 4.79 Å². The normalized spacial score (nSPS) is 18.0. The number of nitrogens with zero attached hydrogens (tertiary/aromatic N) is 5. The maximum atomic E-state index is 12.7. The molecule has 1 aromatic carbocycles. The molecule has 1 aliphatic rings. The number of hydrogen-bond acceptors (Lipinski definition) is 6. The van der Waals surface area contributed by atoms with Crippen LogP contribution in [0.5, 0.6) is 0 Å². The first kappa shape index (κ1) is 17.9. The zero-order chi connectivity index (χ0) is 20.1. The van der Waals surface area contributed by atoms with Crippen molar-refractivity contribution in [3.05, 3.63) is 59.0 Å². The van der Waals surface area contributed by atoms with Gasteiger partial charge >= 0.3 is 5.63 Å². The van der Waals surface area contributed by atoms with Gasteiger partial charge in [-0.1, -0.05) is 0 Å². The number of benzene rings is 1. The fourth-order valence-corrected chi connectivity index (χ4v) is 3.89. The topological polar surface area (TPSA) is 66.9 Å². The maximum absolute atomic E-state index is 12.7. The highest BCUT2D eigenvalue weighted by Crippen LogP contribution is 2.26. The maximum Gasteiger partial charge on any atom is 0.345 e. The van der Waals surface area contributed by atoms with E-state index in [0.717, 1.165) is 36.4 Å². The second-order valence-corrected chi connectivity index (χ2v) is 7.87. The number of aryl methyl sites for hydroxylation is 1. The minimum atomic E-state index is -0.380. The van der Waals surface area contributed by atoms with E-state index in [0.29, 0.717) is 28.5 Å². The summed E-state index contributed by atoms with van der Waals surface area (Å²) in [5, 5.41) is 0.886. The molecule has 0 N–H and O–H groups in total. The van der Waals surface area contributed by atoms with Crippen LogP contribution in [-0.4, -0.2) is 52.0 Å². The third-order valence-electron chi connectivity index (χ3n) is 5.79. The molecular formula is C22H23N5O2. The van der Waals surface area contributed by atoms with Crippen LogP contribution in [0.15, 0.2) is 52.1 Å². The van der Waals surface area contributed by atoms with Gasteiger partial charge in [0.05, 0.1) is 23.1 Å². The Bertz CT molecular complexity index is 1280. The van der Waals surface area contributed by atoms with Crippen molar-refractivity contribution in [3.63, 3.8) is 0 Å². The van der Waals surface area contributed by atoms with Gasteiger partial charge in [-0.15, -0.1) is 0 Å². The van der Waals surface area contributed by atoms with Crippen LogP contribution >= 0.6 is 0 Å². The van der Waals surface area contributed by atoms with Gasteiger partial charge in [0.25, 0.3) is 0 Å². The molecular weight excluding hydrogens is 366 g/mol. The lowest BCUT2D eigenvalue weighted by Gasteiger charge is -2.39. The summed E-state index contributed by atoms with van der Waals surface area (Å²) in [5.74, 6) is 0. The van der Waals surface area contributed by atoms with Crippen LogP contribution in [0, 0.1) is 6.92 Å². The average molecular weight is 389 g/mol. The number of rotatable bonds is 2. The number of likely N-dealkylation sites (N-methyl/N-ethyl adjacent to an activating group) is 1. The van der Waals surface area contributed by atoms with Gasteiger partial charge in [-0.2, -0.15) is 0 Å². The summed E-state index contributed by atoms with van der Waals surface area (Å²) in [6, 6.07) is 8.43. The Hall–Kier alpha value is -3.19. The lowest BCUT2D eigenvalue weighted by atomic mass is 10.1. The van der Waals surface area contributed by atoms with Gasteiger partial charge < -0.3 is 18.6 Å². The molecule has 0 radical (unpaired) electrons. The summed E-state index contributed by atoms with van der Waals surface area (Å²) in [6.07, 6.45) is 5.42. The molecule has 1 aliphatic heterocycles. The molecule has 0 amide bonds. The minimum Gasteiger partial charge on any atom is -0.422 e. The van der Waals surface area contributed by atoms with Crippen LogP contribution in [0.25, 0.3) is 27.9 Å². The molecule has 1 atom stereocenters. The Labute approximate surface area is 168 Å². The van der Waals surface area contributed by atoms with E-state index in [1.54, 1.807) is 6.20 Å². The Balaban J connectivity index is 1.53. The molecule has 4 aromatic rings. The van der Waals surface area contributed by atoms with Gasteiger partial charge in [0, 0.05) is 55.2 Å². The summed E-state index contributed by atoms with van der Waals surface area (Å²) in [7, 11) is 2.15. The van der Waals surface area contributed by atoms with Crippen LogP contribution < -0.4 is 10.5 Å². The highest BCUT2D eigenvalue weighted by molar-refractivity contribution is 5.84. The Morgan fingerprint density at radius 1 is 1.17 bits per heavy atom. The lowest BCUT2D eigenvalue weighted by Crippen LogP contribution is -2.50. The van der Waals surface area contributed by atoms with Crippen LogP contribution in [0.2, 0.25) is 0 Å². The van der Waals surface area contributed by atoms with Crippen molar-refractivity contribution in [1.82, 2.24) is 19.3 Å². The molecule has 7 heteroatoms. The number of anilines is 1. The quantitative estimate of drug-likeness (QED) is 0.491. The van der Waals surface area contributed by atoms with Gasteiger partial charge in [0.1, 0.15) is 5.58 Å². The van der Waals surface area contributed by atoms with Crippen LogP contribution in [0.4, 0.5) is 5.69 Å². The van der Waals surface area contributed by atoms with Crippen LogP contribution in [-0.2, 0) is 0 Å². The monoisotopic (exact) mass is 389 g/mol. The molecule has 0 spiro atoms. The average Bonchev–Trinajstić information content (AvgIpc) is 3.12. The van der Waals surface area contributed by atoms with E-state index in [4.69, 9.17) is 4.42 Å². The zero-order valence-electron chi connectivity index (χ0n) is 16.8. The van der Waals surface area contributed by atoms with E-state index in [1.165, 1.54) is 0 Å². The van der Waals surface area contributed by atoms with Gasteiger partial charge in [-0.25, -0.2) is 9.78 Å². The van der Waals surface area contributed by atoms with E-state index in [-0.39, 0.29) is 5.63 Å². The summed E-state index contributed by atoms with van der Waals surface area (Å²) in [5.41, 5.74) is 3.94. The third kappa shape index (κ3) is 3.17. The number of fused-ring (bicyclic) bond motifs is 2. The second-order valence-electron chi connectivity index (χ2n) is 7.87. The highest BCUT2D eigenvalue weighted by Gasteiger charge is 2.21. The molecule has 0 aliphatic carbocycles. The first-order chi connectivity index (χ1) is 14.0. The molecule has 4 heterocycles. The van der Waals surface area contributed by atoms with E-state index >= 15 is 0 Å². The Kier molecular flexibility index (Phi) is 4.13. The Morgan fingerprint density at radius 2 is 2.03 bits per heavy atom. The number of aromatic nitrogens is 3. The summed E-state index contributed by atoms with van der Waals surface area (Å²) >= 11 is 0. The number of hydrogen-bond donors (Lipinski definition) is 0. The molecule has 5 rings (SSSR count). The van der Waals surface area contributed by atoms with Crippen molar-refractivity contribution in [2.24, 2.45) is 0 Å². The standard InChI is InChI=1S/C22H23N5O2/c1-14-11-27-13-19(24-21(27)10-23-14)18-8-16-4-5-17(9-20(16)29-22(18)28)26-7-6-25(3)15(2)12-26/h4-5,8-11,13,15H,6-7,12H2,1-3H3. The first-order valence-corrected chi connectivity index (χ1v) is 9.83. The lowest BCUT2D eigenvalue weighted by molar-refractivity contribution is 0.234. The third-order valence-corrected chi connectivity index (χ3v) is 5.79. The van der Waals surface area contributed by atoms with Gasteiger partial charge in [-0.3, -0.25) is 4.98 Å². The fourth-order valence-electron chi connectivity index (χ4n) is 3.89. The van der Waals surface area contributed by atoms with Crippen molar-refractivity contribution < 1.29 is 4.42 Å². The Morgan fingerprint density at radius 3 is 2.86 bits per heavy atom. The molecule has 3 aromatic heterocycles. The van der Waals surface area contributed by atoms with E-state index in [1.807, 2.05) is 41.9 Å². The molecule has 1 fully saturated rings.